The van der Waals surface area contributed by atoms with Crippen molar-refractivity contribution in [1.29, 1.82) is 0 Å². The lowest BCUT2D eigenvalue weighted by Crippen LogP contribution is -2.42. The predicted octanol–water partition coefficient (Wildman–Crippen LogP) is 3.67. The van der Waals surface area contributed by atoms with Crippen molar-refractivity contribution < 1.29 is 4.79 Å². The van der Waals surface area contributed by atoms with Gasteiger partial charge in [-0.05, 0) is 37.9 Å². The lowest BCUT2D eigenvalue weighted by Gasteiger charge is -2.32. The third-order valence-corrected chi connectivity index (χ3v) is 5.53. The first-order valence-electron chi connectivity index (χ1n) is 10.4. The Kier molecular flexibility index (Phi) is 6.06. The van der Waals surface area contributed by atoms with Crippen LogP contribution >= 0.6 is 0 Å². The lowest BCUT2D eigenvalue weighted by molar-refractivity contribution is 0.0675. The van der Waals surface area contributed by atoms with Gasteiger partial charge in [0.05, 0.1) is 12.1 Å². The van der Waals surface area contributed by atoms with Crippen molar-refractivity contribution in [1.82, 2.24) is 20.0 Å². The van der Waals surface area contributed by atoms with E-state index in [1.54, 1.807) is 0 Å². The second-order valence-electron chi connectivity index (χ2n) is 7.76. The molecular weight excluding hydrogens is 360 g/mol. The van der Waals surface area contributed by atoms with Crippen molar-refractivity contribution in [2.24, 2.45) is 5.92 Å². The Bertz CT molecular complexity index is 934. The highest BCUT2D eigenvalue weighted by atomic mass is 16.2. The zero-order valence-electron chi connectivity index (χ0n) is 16.9. The molecule has 1 aliphatic heterocycles. The van der Waals surface area contributed by atoms with E-state index in [2.05, 4.69) is 17.4 Å². The number of amides is 1. The van der Waals surface area contributed by atoms with Gasteiger partial charge >= 0.3 is 0 Å². The van der Waals surface area contributed by atoms with Gasteiger partial charge in [-0.25, -0.2) is 0 Å². The summed E-state index contributed by atoms with van der Waals surface area (Å²) >= 11 is 0. The Morgan fingerprint density at radius 2 is 1.83 bits per heavy atom. The quantitative estimate of drug-likeness (QED) is 0.701. The van der Waals surface area contributed by atoms with Gasteiger partial charge in [-0.2, -0.15) is 5.10 Å². The number of hydrogen-bond acceptors (Lipinski definition) is 3. The van der Waals surface area contributed by atoms with Crippen molar-refractivity contribution >= 4 is 5.91 Å². The van der Waals surface area contributed by atoms with Crippen molar-refractivity contribution in [3.8, 4) is 11.3 Å². The molecule has 1 aliphatic rings. The molecule has 150 valence electrons. The monoisotopic (exact) mass is 388 g/mol. The molecule has 2 aromatic carbocycles. The summed E-state index contributed by atoms with van der Waals surface area (Å²) < 4.78 is 1.89. The first-order chi connectivity index (χ1) is 14.2. The van der Waals surface area contributed by atoms with E-state index in [9.17, 15) is 4.79 Å². The summed E-state index contributed by atoms with van der Waals surface area (Å²) in [5.41, 5.74) is 3.60. The molecule has 0 bridgehead atoms. The molecule has 0 radical (unpaired) electrons. The summed E-state index contributed by atoms with van der Waals surface area (Å²) in [6.07, 6.45) is 4.14. The summed E-state index contributed by atoms with van der Waals surface area (Å²) in [6.45, 7) is 3.22. The molecule has 29 heavy (non-hydrogen) atoms. The molecule has 4 rings (SSSR count). The average molecular weight is 389 g/mol. The number of rotatable bonds is 6. The summed E-state index contributed by atoms with van der Waals surface area (Å²) in [6, 6.07) is 20.2. The maximum Gasteiger partial charge on any atom is 0.257 e. The van der Waals surface area contributed by atoms with E-state index in [1.807, 2.05) is 71.4 Å². The van der Waals surface area contributed by atoms with Crippen LogP contribution in [0.1, 0.15) is 28.8 Å². The second-order valence-corrected chi connectivity index (χ2v) is 7.76. The Balaban J connectivity index is 1.64. The third kappa shape index (κ3) is 4.57. The number of carbonyl (C=O) groups excluding carboxylic acids is 1. The highest BCUT2D eigenvalue weighted by Crippen LogP contribution is 2.26. The van der Waals surface area contributed by atoms with E-state index in [-0.39, 0.29) is 5.91 Å². The molecule has 1 unspecified atom stereocenters. The van der Waals surface area contributed by atoms with Gasteiger partial charge in [-0.1, -0.05) is 60.7 Å². The molecule has 1 atom stereocenters. The molecule has 1 fully saturated rings. The highest BCUT2D eigenvalue weighted by Gasteiger charge is 2.27. The summed E-state index contributed by atoms with van der Waals surface area (Å²) in [4.78, 5) is 15.5. The van der Waals surface area contributed by atoms with E-state index in [0.29, 0.717) is 18.0 Å². The largest absolute Gasteiger partial charge is 0.338 e. The third-order valence-electron chi connectivity index (χ3n) is 5.53. The van der Waals surface area contributed by atoms with Gasteiger partial charge in [-0.15, -0.1) is 0 Å². The Labute approximate surface area is 172 Å². The van der Waals surface area contributed by atoms with Crippen LogP contribution in [0.5, 0.6) is 0 Å². The van der Waals surface area contributed by atoms with Gasteiger partial charge in [0.15, 0.2) is 0 Å². The normalized spacial score (nSPS) is 16.7. The first-order valence-corrected chi connectivity index (χ1v) is 10.4. The topological polar surface area (TPSA) is 50.2 Å². The number of hydrogen-bond donors (Lipinski definition) is 1. The fourth-order valence-corrected chi connectivity index (χ4v) is 4.11. The number of likely N-dealkylation sites (tertiary alicyclic amines) is 1. The molecule has 5 nitrogen and oxygen atoms in total. The number of aromatic nitrogens is 2. The smallest absolute Gasteiger partial charge is 0.257 e. The van der Waals surface area contributed by atoms with Gasteiger partial charge in [-0.3, -0.25) is 9.48 Å². The van der Waals surface area contributed by atoms with Gasteiger partial charge in [0.2, 0.25) is 0 Å². The van der Waals surface area contributed by atoms with Crippen LogP contribution in [0.4, 0.5) is 0 Å². The molecule has 0 aliphatic carbocycles. The molecular formula is C24H28N4O. The van der Waals surface area contributed by atoms with Crippen LogP contribution in [0.3, 0.4) is 0 Å². The van der Waals surface area contributed by atoms with Crippen LogP contribution in [0.15, 0.2) is 66.9 Å². The molecule has 1 amide bonds. The molecule has 2 heterocycles. The van der Waals surface area contributed by atoms with Crippen LogP contribution in [-0.2, 0) is 6.54 Å². The molecule has 1 saturated heterocycles. The zero-order chi connectivity index (χ0) is 20.1. The Morgan fingerprint density at radius 1 is 1.10 bits per heavy atom. The molecule has 0 spiro atoms. The van der Waals surface area contributed by atoms with Gasteiger partial charge in [0, 0.05) is 24.8 Å². The van der Waals surface area contributed by atoms with Crippen LogP contribution in [0, 0.1) is 5.92 Å². The number of piperidine rings is 1. The van der Waals surface area contributed by atoms with Crippen molar-refractivity contribution in [3.63, 3.8) is 0 Å². The fourth-order valence-electron chi connectivity index (χ4n) is 4.11. The van der Waals surface area contributed by atoms with Crippen molar-refractivity contribution in [2.75, 3.05) is 26.7 Å². The average Bonchev–Trinajstić information content (AvgIpc) is 3.19. The Hall–Kier alpha value is -2.92. The number of nitrogens with one attached hydrogen (secondary N) is 1. The van der Waals surface area contributed by atoms with Crippen LogP contribution in [0.2, 0.25) is 0 Å². The van der Waals surface area contributed by atoms with E-state index < -0.39 is 0 Å². The maximum absolute atomic E-state index is 13.5. The summed E-state index contributed by atoms with van der Waals surface area (Å²) in [5.74, 6) is 0.598. The number of benzene rings is 2. The maximum atomic E-state index is 13.5. The molecule has 1 N–H and O–H groups in total. The number of nitrogens with zero attached hydrogens (tertiary/aromatic N) is 3. The van der Waals surface area contributed by atoms with Gasteiger partial charge in [0.1, 0.15) is 5.69 Å². The van der Waals surface area contributed by atoms with Gasteiger partial charge < -0.3 is 10.2 Å². The van der Waals surface area contributed by atoms with E-state index >= 15 is 0 Å². The zero-order valence-corrected chi connectivity index (χ0v) is 16.9. The first kappa shape index (κ1) is 19.4. The standard InChI is InChI=1S/C24H28N4O/c1-25-15-20-11-8-14-27(16-20)24(29)22-18-28(17-19-9-4-2-5-10-19)26-23(22)21-12-6-3-7-13-21/h2-7,9-10,12-13,18,20,25H,8,11,14-17H2,1H3. The summed E-state index contributed by atoms with van der Waals surface area (Å²) in [5, 5.41) is 8.05. The molecule has 0 saturated carbocycles. The lowest BCUT2D eigenvalue weighted by atomic mass is 9.97. The van der Waals surface area contributed by atoms with E-state index in [4.69, 9.17) is 5.10 Å². The Morgan fingerprint density at radius 3 is 2.55 bits per heavy atom. The van der Waals surface area contributed by atoms with E-state index in [1.165, 1.54) is 12.0 Å². The minimum Gasteiger partial charge on any atom is -0.338 e. The molecule has 5 heteroatoms. The fraction of sp³-hybridized carbons (Fsp3) is 0.333. The highest BCUT2D eigenvalue weighted by molar-refractivity contribution is 5.99. The summed E-state index contributed by atoms with van der Waals surface area (Å²) in [7, 11) is 1.97. The predicted molar refractivity (Wildman–Crippen MR) is 116 cm³/mol. The van der Waals surface area contributed by atoms with Crippen LogP contribution < -0.4 is 5.32 Å². The molecule has 3 aromatic rings. The van der Waals surface area contributed by atoms with Crippen molar-refractivity contribution in [3.05, 3.63) is 78.0 Å². The van der Waals surface area contributed by atoms with E-state index in [0.717, 1.165) is 37.3 Å². The number of carbonyl (C=O) groups is 1. The van der Waals surface area contributed by atoms with Crippen LogP contribution in [0.25, 0.3) is 11.3 Å². The van der Waals surface area contributed by atoms with Crippen LogP contribution in [-0.4, -0.2) is 47.3 Å². The van der Waals surface area contributed by atoms with Gasteiger partial charge in [0.25, 0.3) is 5.91 Å². The SMILES string of the molecule is CNCC1CCCN(C(=O)c2cn(Cc3ccccc3)nc2-c2ccccc2)C1. The van der Waals surface area contributed by atoms with Crippen molar-refractivity contribution in [2.45, 2.75) is 19.4 Å². The second kappa shape index (κ2) is 9.05. The minimum absolute atomic E-state index is 0.0870. The molecule has 1 aromatic heterocycles. The minimum atomic E-state index is 0.0870.